The number of hydrogen-bond acceptors (Lipinski definition) is 4. The second kappa shape index (κ2) is 10.9. The lowest BCUT2D eigenvalue weighted by Gasteiger charge is -2.28. The summed E-state index contributed by atoms with van der Waals surface area (Å²) in [6, 6.07) is 19.8. The van der Waals surface area contributed by atoms with Gasteiger partial charge >= 0.3 is 0 Å². The third-order valence-corrected chi connectivity index (χ3v) is 7.12. The van der Waals surface area contributed by atoms with Gasteiger partial charge in [0, 0.05) is 36.5 Å². The molecule has 0 saturated heterocycles. The first-order valence-electron chi connectivity index (χ1n) is 13.1. The Bertz CT molecular complexity index is 1510. The fourth-order valence-electron chi connectivity index (χ4n) is 4.87. The van der Waals surface area contributed by atoms with Crippen LogP contribution in [0.5, 0.6) is 5.75 Å². The van der Waals surface area contributed by atoms with Gasteiger partial charge in [-0.3, -0.25) is 10.2 Å². The molecule has 2 N–H and O–H groups in total. The van der Waals surface area contributed by atoms with E-state index in [1.807, 2.05) is 96.6 Å². The number of phenolic OH excluding ortho intramolecular Hbond substituents is 1. The van der Waals surface area contributed by atoms with Crippen LogP contribution in [0.25, 0.3) is 11.0 Å². The van der Waals surface area contributed by atoms with Crippen molar-refractivity contribution in [1.29, 1.82) is 5.41 Å². The predicted molar refractivity (Wildman–Crippen MR) is 163 cm³/mol. The fraction of sp³-hybridized carbons (Fsp3) is 0.375. The Morgan fingerprint density at radius 3 is 1.79 bits per heavy atom. The molecule has 0 unspecified atom stereocenters. The van der Waals surface area contributed by atoms with E-state index in [0.29, 0.717) is 12.1 Å². The minimum Gasteiger partial charge on any atom is -0.507 e. The highest BCUT2D eigenvalue weighted by atomic mass is 35.5. The summed E-state index contributed by atoms with van der Waals surface area (Å²) in [5.41, 5.74) is 5.67. The number of aromatic nitrogens is 2. The molecule has 0 saturated carbocycles. The number of rotatable bonds is 6. The molecule has 0 spiro atoms. The zero-order chi connectivity index (χ0) is 28.0. The van der Waals surface area contributed by atoms with E-state index in [4.69, 9.17) is 5.41 Å². The Kier molecular flexibility index (Phi) is 8.42. The zero-order valence-electron chi connectivity index (χ0n) is 24.3. The van der Waals surface area contributed by atoms with Crippen molar-refractivity contribution < 1.29 is 9.90 Å². The van der Waals surface area contributed by atoms with Crippen molar-refractivity contribution in [2.75, 3.05) is 19.0 Å². The molecule has 1 aromatic heterocycles. The summed E-state index contributed by atoms with van der Waals surface area (Å²) in [7, 11) is 4.03. The van der Waals surface area contributed by atoms with Crippen LogP contribution >= 0.6 is 12.4 Å². The highest BCUT2D eigenvalue weighted by molar-refractivity contribution is 5.97. The minimum atomic E-state index is -0.327. The van der Waals surface area contributed by atoms with E-state index in [0.717, 1.165) is 33.4 Å². The van der Waals surface area contributed by atoms with E-state index in [1.54, 1.807) is 4.57 Å². The van der Waals surface area contributed by atoms with E-state index >= 15 is 0 Å². The van der Waals surface area contributed by atoms with Gasteiger partial charge in [0.15, 0.2) is 5.78 Å². The van der Waals surface area contributed by atoms with E-state index in [1.165, 1.54) is 0 Å². The largest absolute Gasteiger partial charge is 0.507 e. The number of ketones is 1. The molecule has 4 rings (SSSR count). The molecule has 0 bridgehead atoms. The molecule has 0 fully saturated rings. The number of nitrogens with zero attached hydrogens (tertiary/aromatic N) is 3. The summed E-state index contributed by atoms with van der Waals surface area (Å²) in [4.78, 5) is 15.8. The summed E-state index contributed by atoms with van der Waals surface area (Å²) >= 11 is 0. The maximum Gasteiger partial charge on any atom is 0.203 e. The Morgan fingerprint density at radius 2 is 1.33 bits per heavy atom. The molecular weight excluding hydrogens is 508 g/mol. The van der Waals surface area contributed by atoms with Crippen molar-refractivity contribution in [3.63, 3.8) is 0 Å². The van der Waals surface area contributed by atoms with Gasteiger partial charge in [-0.25, -0.2) is 0 Å². The van der Waals surface area contributed by atoms with Crippen molar-refractivity contribution >= 4 is 34.9 Å². The smallest absolute Gasteiger partial charge is 0.203 e. The Hall–Kier alpha value is -3.51. The van der Waals surface area contributed by atoms with E-state index in [-0.39, 0.29) is 46.9 Å². The van der Waals surface area contributed by atoms with E-state index in [9.17, 15) is 9.90 Å². The molecule has 7 heteroatoms. The third-order valence-electron chi connectivity index (χ3n) is 7.12. The topological polar surface area (TPSA) is 74.2 Å². The van der Waals surface area contributed by atoms with Crippen molar-refractivity contribution in [2.24, 2.45) is 0 Å². The number of carbonyl (C=O) groups is 1. The number of fused-ring (bicyclic) bond motifs is 1. The van der Waals surface area contributed by atoms with Crippen LogP contribution in [0.15, 0.2) is 60.7 Å². The van der Waals surface area contributed by atoms with Gasteiger partial charge in [-0.15, -0.1) is 12.4 Å². The number of aromatic hydroxyl groups is 1. The fourth-order valence-corrected chi connectivity index (χ4v) is 4.87. The van der Waals surface area contributed by atoms with Crippen LogP contribution in [0.3, 0.4) is 0 Å². The van der Waals surface area contributed by atoms with Crippen LogP contribution in [-0.4, -0.2) is 34.1 Å². The number of para-hydroxylation sites is 2. The van der Waals surface area contributed by atoms with Gasteiger partial charge in [-0.2, -0.15) is 0 Å². The van der Waals surface area contributed by atoms with Crippen LogP contribution in [-0.2, 0) is 23.9 Å². The maximum atomic E-state index is 13.7. The Morgan fingerprint density at radius 1 is 0.846 bits per heavy atom. The predicted octanol–water partition coefficient (Wildman–Crippen LogP) is 6.64. The summed E-state index contributed by atoms with van der Waals surface area (Å²) in [6.45, 7) is 12.8. The Balaban J connectivity index is 0.00000420. The number of phenols is 1. The van der Waals surface area contributed by atoms with Gasteiger partial charge < -0.3 is 19.1 Å². The molecule has 1 heterocycles. The lowest BCUT2D eigenvalue weighted by atomic mass is 9.78. The number of halogens is 1. The van der Waals surface area contributed by atoms with Crippen molar-refractivity contribution in [2.45, 2.75) is 65.5 Å². The first kappa shape index (κ1) is 30.0. The van der Waals surface area contributed by atoms with Crippen molar-refractivity contribution in [1.82, 2.24) is 9.13 Å². The number of nitrogens with one attached hydrogen (secondary N) is 1. The molecule has 6 nitrogen and oxygen atoms in total. The van der Waals surface area contributed by atoms with Crippen LogP contribution in [0.1, 0.15) is 68.6 Å². The van der Waals surface area contributed by atoms with Crippen LogP contribution in [0.4, 0.5) is 5.69 Å². The normalized spacial score (nSPS) is 11.9. The monoisotopic (exact) mass is 548 g/mol. The number of imidazole rings is 1. The summed E-state index contributed by atoms with van der Waals surface area (Å²) < 4.78 is 3.73. The summed E-state index contributed by atoms with van der Waals surface area (Å²) in [6.07, 6.45) is 0. The average molecular weight is 549 g/mol. The highest BCUT2D eigenvalue weighted by Crippen LogP contribution is 2.40. The first-order chi connectivity index (χ1) is 17.7. The molecule has 0 amide bonds. The molecule has 39 heavy (non-hydrogen) atoms. The van der Waals surface area contributed by atoms with Gasteiger partial charge in [0.1, 0.15) is 5.75 Å². The molecule has 0 radical (unpaired) electrons. The first-order valence-corrected chi connectivity index (χ1v) is 13.1. The minimum absolute atomic E-state index is 0. The lowest BCUT2D eigenvalue weighted by Crippen LogP contribution is -2.28. The SMILES string of the molecule is CN(C)c1ccc(Cn2c(=N)n(CC(=O)c3cc(C(C)(C)C)c(O)c(C(C)(C)C)c3)c3ccccc32)cc1.Cl. The molecule has 0 aliphatic heterocycles. The van der Waals surface area contributed by atoms with E-state index in [2.05, 4.69) is 29.2 Å². The van der Waals surface area contributed by atoms with Gasteiger partial charge in [0.05, 0.1) is 24.1 Å². The second-order valence-corrected chi connectivity index (χ2v) is 12.4. The second-order valence-electron chi connectivity index (χ2n) is 12.4. The Labute approximate surface area is 237 Å². The van der Waals surface area contributed by atoms with Gasteiger partial charge in [-0.1, -0.05) is 65.8 Å². The standard InChI is InChI=1S/C32H40N4O2.ClH/c1-31(2,3)24-17-22(18-25(29(24)38)32(4,5)6)28(37)20-36-27-12-10-9-11-26(27)35(30(36)33)19-21-13-15-23(16-14-21)34(7)8;/h9-18,33,38H,19-20H2,1-8H3;1H. The van der Waals surface area contributed by atoms with Crippen LogP contribution in [0, 0.1) is 5.41 Å². The van der Waals surface area contributed by atoms with Gasteiger partial charge in [0.25, 0.3) is 0 Å². The molecule has 0 atom stereocenters. The van der Waals surface area contributed by atoms with Crippen molar-refractivity contribution in [3.05, 3.63) is 88.5 Å². The highest BCUT2D eigenvalue weighted by Gasteiger charge is 2.28. The number of Topliss-reactive ketones (excluding diaryl/α,β-unsaturated/α-hetero) is 1. The lowest BCUT2D eigenvalue weighted by molar-refractivity contribution is 0.0971. The quantitative estimate of drug-likeness (QED) is 0.265. The number of anilines is 1. The maximum absolute atomic E-state index is 13.7. The van der Waals surface area contributed by atoms with Crippen molar-refractivity contribution in [3.8, 4) is 5.75 Å². The summed E-state index contributed by atoms with van der Waals surface area (Å²) in [5, 5.41) is 20.1. The molecule has 0 aliphatic carbocycles. The molecule has 3 aromatic carbocycles. The van der Waals surface area contributed by atoms with Crippen LogP contribution in [0.2, 0.25) is 0 Å². The molecule has 208 valence electrons. The van der Waals surface area contributed by atoms with E-state index < -0.39 is 0 Å². The molecular formula is C32H41ClN4O2. The third kappa shape index (κ3) is 6.06. The zero-order valence-corrected chi connectivity index (χ0v) is 25.1. The number of benzene rings is 3. The average Bonchev–Trinajstić information content (AvgIpc) is 3.09. The molecule has 0 aliphatic rings. The summed E-state index contributed by atoms with van der Waals surface area (Å²) in [5.74, 6) is 0.171. The number of carbonyl (C=O) groups excluding carboxylic acids is 1. The molecule has 4 aromatic rings. The van der Waals surface area contributed by atoms with Gasteiger partial charge in [-0.05, 0) is 52.8 Å². The number of hydrogen-bond donors (Lipinski definition) is 2. The van der Waals surface area contributed by atoms with Gasteiger partial charge in [0.2, 0.25) is 5.62 Å². The van der Waals surface area contributed by atoms with Crippen LogP contribution < -0.4 is 10.5 Å².